The zero-order chi connectivity index (χ0) is 17.5. The normalized spacial score (nSPS) is 14.7. The van der Waals surface area contributed by atoms with Gasteiger partial charge in [-0.3, -0.25) is 9.59 Å². The molecule has 2 aromatic rings. The van der Waals surface area contributed by atoms with E-state index in [0.717, 1.165) is 42.8 Å². The minimum atomic E-state index is -4.55. The number of rotatable bonds is 4. The Morgan fingerprint density at radius 2 is 2.04 bits per heavy atom. The molecule has 128 valence electrons. The predicted molar refractivity (Wildman–Crippen MR) is 76.7 cm³/mol. The third-order valence-electron chi connectivity index (χ3n) is 3.56. The van der Waals surface area contributed by atoms with Crippen LogP contribution >= 0.6 is 0 Å². The van der Waals surface area contributed by atoms with E-state index >= 15 is 0 Å². The lowest BCUT2D eigenvalue weighted by Crippen LogP contribution is -2.28. The number of benzene rings is 1. The van der Waals surface area contributed by atoms with Gasteiger partial charge in [0, 0.05) is 0 Å². The van der Waals surface area contributed by atoms with Crippen LogP contribution in [0.1, 0.15) is 18.4 Å². The van der Waals surface area contributed by atoms with Crippen molar-refractivity contribution in [2.75, 3.05) is 7.11 Å². The molecule has 1 aromatic carbocycles. The van der Waals surface area contributed by atoms with Gasteiger partial charge < -0.3 is 9.47 Å². The molecule has 1 aliphatic rings. The lowest BCUT2D eigenvalue weighted by atomic mass is 10.1. The molecule has 1 heterocycles. The smallest absolute Gasteiger partial charge is 0.416 e. The van der Waals surface area contributed by atoms with E-state index in [-0.39, 0.29) is 22.8 Å². The van der Waals surface area contributed by atoms with Gasteiger partial charge in [0.25, 0.3) is 5.56 Å². The first kappa shape index (κ1) is 16.3. The maximum atomic E-state index is 12.9. The number of hydrogen-bond donors (Lipinski definition) is 0. The highest BCUT2D eigenvalue weighted by Crippen LogP contribution is 2.34. The predicted octanol–water partition coefficient (Wildman–Crippen LogP) is 2.13. The summed E-state index contributed by atoms with van der Waals surface area (Å²) in [4.78, 5) is 23.7. The number of carbonyl (C=O) groups is 1. The summed E-state index contributed by atoms with van der Waals surface area (Å²) < 4.78 is 49.6. The van der Waals surface area contributed by atoms with Gasteiger partial charge in [-0.1, -0.05) is 0 Å². The van der Waals surface area contributed by atoms with E-state index in [4.69, 9.17) is 4.74 Å². The maximum Gasteiger partial charge on any atom is 0.416 e. The quantitative estimate of drug-likeness (QED) is 0.796. The summed E-state index contributed by atoms with van der Waals surface area (Å²) >= 11 is 0. The van der Waals surface area contributed by atoms with Gasteiger partial charge in [-0.25, -0.2) is 4.68 Å². The average molecular weight is 342 g/mol. The van der Waals surface area contributed by atoms with Crippen molar-refractivity contribution in [1.29, 1.82) is 0 Å². The molecule has 0 radical (unpaired) electrons. The standard InChI is InChI=1S/C15H13F3N2O4/c1-23-12(21)7-20-14(22)10-5-2-8(15(16,17)18)6-11(10)13(19-20)24-9-3-4-9/h2,5-6,9H,3-4,7H2,1H3. The molecule has 0 saturated heterocycles. The summed E-state index contributed by atoms with van der Waals surface area (Å²) in [5.74, 6) is -0.796. The van der Waals surface area contributed by atoms with Crippen LogP contribution in [-0.2, 0) is 22.3 Å². The van der Waals surface area contributed by atoms with Crippen molar-refractivity contribution >= 4 is 16.7 Å². The van der Waals surface area contributed by atoms with Gasteiger partial charge in [-0.2, -0.15) is 13.2 Å². The monoisotopic (exact) mass is 342 g/mol. The highest BCUT2D eigenvalue weighted by Gasteiger charge is 2.32. The van der Waals surface area contributed by atoms with Crippen molar-refractivity contribution in [3.63, 3.8) is 0 Å². The molecule has 0 bridgehead atoms. The summed E-state index contributed by atoms with van der Waals surface area (Å²) in [5.41, 5.74) is -1.59. The molecule has 1 saturated carbocycles. The van der Waals surface area contributed by atoms with E-state index in [1.807, 2.05) is 0 Å². The number of hydrogen-bond acceptors (Lipinski definition) is 5. The van der Waals surface area contributed by atoms with Crippen LogP contribution in [0.2, 0.25) is 0 Å². The third-order valence-corrected chi connectivity index (χ3v) is 3.56. The fraction of sp³-hybridized carbons (Fsp3) is 0.400. The van der Waals surface area contributed by atoms with Crippen LogP contribution in [-0.4, -0.2) is 29.0 Å². The molecular weight excluding hydrogens is 329 g/mol. The van der Waals surface area contributed by atoms with Crippen LogP contribution in [0.5, 0.6) is 5.88 Å². The number of carbonyl (C=O) groups excluding carboxylic acids is 1. The van der Waals surface area contributed by atoms with E-state index in [1.54, 1.807) is 0 Å². The second kappa shape index (κ2) is 5.81. The Bertz CT molecular complexity index is 856. The number of nitrogens with zero attached hydrogens (tertiary/aromatic N) is 2. The van der Waals surface area contributed by atoms with E-state index in [9.17, 15) is 22.8 Å². The number of halogens is 3. The van der Waals surface area contributed by atoms with Crippen LogP contribution in [0.4, 0.5) is 13.2 Å². The molecule has 0 amide bonds. The topological polar surface area (TPSA) is 70.4 Å². The Morgan fingerprint density at radius 1 is 1.33 bits per heavy atom. The zero-order valence-corrected chi connectivity index (χ0v) is 12.6. The number of alkyl halides is 3. The Labute approximate surface area is 133 Å². The lowest BCUT2D eigenvalue weighted by Gasteiger charge is -2.13. The van der Waals surface area contributed by atoms with Gasteiger partial charge in [0.1, 0.15) is 12.6 Å². The molecule has 3 rings (SSSR count). The SMILES string of the molecule is COC(=O)Cn1nc(OC2CC2)c2cc(C(F)(F)F)ccc2c1=O. The van der Waals surface area contributed by atoms with Crippen molar-refractivity contribution in [3.8, 4) is 5.88 Å². The average Bonchev–Trinajstić information content (AvgIpc) is 3.34. The van der Waals surface area contributed by atoms with Crippen LogP contribution in [0.25, 0.3) is 10.8 Å². The molecule has 6 nitrogen and oxygen atoms in total. The second-order valence-corrected chi connectivity index (χ2v) is 5.42. The maximum absolute atomic E-state index is 12.9. The van der Waals surface area contributed by atoms with Crippen LogP contribution in [0.3, 0.4) is 0 Å². The van der Waals surface area contributed by atoms with E-state index in [0.29, 0.717) is 0 Å². The number of methoxy groups -OCH3 is 1. The van der Waals surface area contributed by atoms with E-state index in [1.165, 1.54) is 0 Å². The van der Waals surface area contributed by atoms with Gasteiger partial charge in [0.2, 0.25) is 5.88 Å². The number of fused-ring (bicyclic) bond motifs is 1. The summed E-state index contributed by atoms with van der Waals surface area (Å²) in [7, 11) is 1.16. The van der Waals surface area contributed by atoms with Crippen molar-refractivity contribution in [2.24, 2.45) is 0 Å². The van der Waals surface area contributed by atoms with Gasteiger partial charge in [-0.05, 0) is 31.0 Å². The molecule has 9 heteroatoms. The number of esters is 1. The van der Waals surface area contributed by atoms with Gasteiger partial charge in [-0.15, -0.1) is 5.10 Å². The second-order valence-electron chi connectivity index (χ2n) is 5.42. The molecule has 24 heavy (non-hydrogen) atoms. The zero-order valence-electron chi connectivity index (χ0n) is 12.6. The molecule has 0 aliphatic heterocycles. The highest BCUT2D eigenvalue weighted by atomic mass is 19.4. The summed E-state index contributed by atoms with van der Waals surface area (Å²) in [6.07, 6.45) is -3.16. The van der Waals surface area contributed by atoms with E-state index in [2.05, 4.69) is 9.84 Å². The molecule has 1 fully saturated rings. The van der Waals surface area contributed by atoms with Crippen molar-refractivity contribution in [1.82, 2.24) is 9.78 Å². The Balaban J connectivity index is 2.17. The largest absolute Gasteiger partial charge is 0.473 e. The minimum Gasteiger partial charge on any atom is -0.473 e. The molecule has 0 spiro atoms. The van der Waals surface area contributed by atoms with Crippen molar-refractivity contribution < 1.29 is 27.4 Å². The molecule has 0 unspecified atom stereocenters. The summed E-state index contributed by atoms with van der Waals surface area (Å²) in [5, 5.41) is 3.88. The molecule has 0 N–H and O–H groups in total. The van der Waals surface area contributed by atoms with Gasteiger partial charge in [0.15, 0.2) is 0 Å². The molecule has 1 aromatic heterocycles. The first-order valence-electron chi connectivity index (χ1n) is 7.15. The van der Waals surface area contributed by atoms with Crippen molar-refractivity contribution in [3.05, 3.63) is 34.1 Å². The summed E-state index contributed by atoms with van der Waals surface area (Å²) in [6.45, 7) is -0.451. The first-order valence-corrected chi connectivity index (χ1v) is 7.15. The summed E-state index contributed by atoms with van der Waals surface area (Å²) in [6, 6.07) is 2.72. The highest BCUT2D eigenvalue weighted by molar-refractivity contribution is 5.87. The van der Waals surface area contributed by atoms with Gasteiger partial charge in [0.05, 0.1) is 23.4 Å². The fourth-order valence-electron chi connectivity index (χ4n) is 2.16. The van der Waals surface area contributed by atoms with Crippen LogP contribution in [0.15, 0.2) is 23.0 Å². The van der Waals surface area contributed by atoms with E-state index < -0.39 is 29.8 Å². The lowest BCUT2D eigenvalue weighted by molar-refractivity contribution is -0.141. The molecular formula is C15H13F3N2O4. The van der Waals surface area contributed by atoms with Crippen LogP contribution < -0.4 is 10.3 Å². The number of ether oxygens (including phenoxy) is 2. The van der Waals surface area contributed by atoms with Gasteiger partial charge >= 0.3 is 12.1 Å². The van der Waals surface area contributed by atoms with Crippen LogP contribution in [0, 0.1) is 0 Å². The Hall–Kier alpha value is -2.58. The minimum absolute atomic E-state index is 0.00227. The third kappa shape index (κ3) is 3.19. The Morgan fingerprint density at radius 3 is 2.62 bits per heavy atom. The molecule has 0 atom stereocenters. The molecule has 1 aliphatic carbocycles. The first-order chi connectivity index (χ1) is 11.3. The Kier molecular flexibility index (Phi) is 3.94. The number of aromatic nitrogens is 2. The van der Waals surface area contributed by atoms with Crippen molar-refractivity contribution in [2.45, 2.75) is 31.7 Å². The fourth-order valence-corrected chi connectivity index (χ4v) is 2.16.